The van der Waals surface area contributed by atoms with E-state index >= 15 is 0 Å². The number of carbonyl (C=O) groups is 1. The van der Waals surface area contributed by atoms with Gasteiger partial charge in [0.15, 0.2) is 5.41 Å². The predicted octanol–water partition coefficient (Wildman–Crippen LogP) is 2.63. The maximum atomic E-state index is 12.2. The smallest absolute Gasteiger partial charge is 0.410 e. The van der Waals surface area contributed by atoms with E-state index in [-0.39, 0.29) is 31.0 Å². The van der Waals surface area contributed by atoms with Crippen LogP contribution in [0.25, 0.3) is 0 Å². The fourth-order valence-electron chi connectivity index (χ4n) is 3.87. The normalized spacial score (nSPS) is 23.3. The number of rotatable bonds is 2. The summed E-state index contributed by atoms with van der Waals surface area (Å²) in [6, 6.07) is 8.05. The molecule has 0 saturated heterocycles. The molecule has 0 saturated carbocycles. The lowest BCUT2D eigenvalue weighted by Crippen LogP contribution is -2.49. The second-order valence-corrected chi connectivity index (χ2v) is 7.12. The highest BCUT2D eigenvalue weighted by molar-refractivity contribution is 7.08. The summed E-state index contributed by atoms with van der Waals surface area (Å²) in [4.78, 5) is 13.7. The molecule has 3 rings (SSSR count). The van der Waals surface area contributed by atoms with E-state index in [1.165, 1.54) is 16.2 Å². The van der Waals surface area contributed by atoms with Crippen LogP contribution < -0.4 is 5.73 Å². The van der Waals surface area contributed by atoms with Crippen molar-refractivity contribution in [2.75, 3.05) is 19.7 Å². The summed E-state index contributed by atoms with van der Waals surface area (Å²) in [6.07, 6.45) is 1.31. The summed E-state index contributed by atoms with van der Waals surface area (Å²) in [5.41, 5.74) is 6.16. The zero-order valence-corrected chi connectivity index (χ0v) is 15.5. The lowest BCUT2D eigenvalue weighted by atomic mass is 9.58. The molecule has 27 heavy (non-hydrogen) atoms. The summed E-state index contributed by atoms with van der Waals surface area (Å²) in [5.74, 6) is -0.988. The van der Waals surface area contributed by atoms with Crippen LogP contribution in [0.2, 0.25) is 0 Å². The van der Waals surface area contributed by atoms with Gasteiger partial charge in [-0.25, -0.2) is 4.79 Å². The molecule has 1 aliphatic heterocycles. The first-order valence-electron chi connectivity index (χ1n) is 8.41. The van der Waals surface area contributed by atoms with Gasteiger partial charge in [-0.05, 0) is 34.9 Å². The molecule has 2 N–H and O–H groups in total. The van der Waals surface area contributed by atoms with Gasteiger partial charge in [-0.3, -0.25) is 0 Å². The first kappa shape index (κ1) is 18.5. The number of nitriles is 3. The van der Waals surface area contributed by atoms with Gasteiger partial charge in [-0.15, -0.1) is 0 Å². The van der Waals surface area contributed by atoms with Crippen molar-refractivity contribution < 1.29 is 9.53 Å². The minimum Gasteiger partial charge on any atom is -0.450 e. The number of ether oxygens (including phenoxy) is 1. The number of carbonyl (C=O) groups excluding carboxylic acids is 1. The Kier molecular flexibility index (Phi) is 4.90. The van der Waals surface area contributed by atoms with Crippen molar-refractivity contribution in [2.45, 2.75) is 12.8 Å². The van der Waals surface area contributed by atoms with Crippen LogP contribution in [0, 0.1) is 45.3 Å². The topological polar surface area (TPSA) is 127 Å². The number of fused-ring (bicyclic) bond motifs is 1. The summed E-state index contributed by atoms with van der Waals surface area (Å²) >= 11 is 1.45. The molecule has 1 aliphatic carbocycles. The summed E-state index contributed by atoms with van der Waals surface area (Å²) < 4.78 is 5.09. The van der Waals surface area contributed by atoms with Crippen LogP contribution in [0.15, 0.2) is 39.7 Å². The molecule has 0 spiro atoms. The fraction of sp³-hybridized carbons (Fsp3) is 0.368. The van der Waals surface area contributed by atoms with Crippen molar-refractivity contribution in [1.82, 2.24) is 4.90 Å². The molecule has 1 amide bonds. The number of amides is 1. The number of hydrogen-bond acceptors (Lipinski definition) is 7. The maximum Gasteiger partial charge on any atom is 0.410 e. The highest BCUT2D eigenvalue weighted by atomic mass is 32.1. The molecular formula is C19H17N5O2S. The number of nitrogens with zero attached hydrogens (tertiary/aromatic N) is 4. The lowest BCUT2D eigenvalue weighted by molar-refractivity contribution is 0.0999. The molecule has 0 bridgehead atoms. The molecule has 7 nitrogen and oxygen atoms in total. The highest BCUT2D eigenvalue weighted by Crippen LogP contribution is 2.54. The minimum atomic E-state index is -1.67. The van der Waals surface area contributed by atoms with Crippen molar-refractivity contribution in [3.05, 3.63) is 45.3 Å². The van der Waals surface area contributed by atoms with Crippen LogP contribution in [-0.4, -0.2) is 30.7 Å². The Hall–Kier alpha value is -3.28. The number of allylic oxidation sites excluding steroid dienone is 2. The van der Waals surface area contributed by atoms with E-state index in [1.807, 2.05) is 16.8 Å². The van der Waals surface area contributed by atoms with Gasteiger partial charge in [0.25, 0.3) is 0 Å². The van der Waals surface area contributed by atoms with E-state index < -0.39 is 23.3 Å². The fourth-order valence-corrected chi connectivity index (χ4v) is 4.57. The zero-order valence-electron chi connectivity index (χ0n) is 14.7. The van der Waals surface area contributed by atoms with Crippen LogP contribution in [0.1, 0.15) is 18.4 Å². The standard InChI is InChI=1S/C19H17N5O2S/c1-2-26-18(25)24-5-3-13-14(7-20)17(23)19(10-21,11-22)16(15(13)8-24)12-4-6-27-9-12/h3-4,6,9,15-16H,2,5,8,23H2,1H3/t15-,16+/m1/s1. The molecule has 0 unspecified atom stereocenters. The molecule has 0 fully saturated rings. The average molecular weight is 379 g/mol. The third-order valence-electron chi connectivity index (χ3n) is 5.09. The van der Waals surface area contributed by atoms with Crippen molar-refractivity contribution in [3.63, 3.8) is 0 Å². The summed E-state index contributed by atoms with van der Waals surface area (Å²) in [7, 11) is 0. The van der Waals surface area contributed by atoms with Crippen LogP contribution in [0.5, 0.6) is 0 Å². The molecule has 2 heterocycles. The van der Waals surface area contributed by atoms with Crippen LogP contribution in [0.3, 0.4) is 0 Å². The first-order chi connectivity index (χ1) is 13.0. The van der Waals surface area contributed by atoms with Gasteiger partial charge in [-0.2, -0.15) is 27.1 Å². The molecule has 1 aromatic rings. The number of hydrogen-bond donors (Lipinski definition) is 1. The van der Waals surface area contributed by atoms with Gasteiger partial charge < -0.3 is 15.4 Å². The Morgan fingerprint density at radius 2 is 2.19 bits per heavy atom. The Labute approximate surface area is 161 Å². The van der Waals surface area contributed by atoms with E-state index in [0.29, 0.717) is 5.57 Å². The average Bonchev–Trinajstić information content (AvgIpc) is 3.21. The SMILES string of the molecule is CCOC(=O)N1CC=C2C(C#N)=C(N)C(C#N)(C#N)[C@@H](c3ccsc3)[C@@H]2C1. The predicted molar refractivity (Wildman–Crippen MR) is 97.7 cm³/mol. The highest BCUT2D eigenvalue weighted by Gasteiger charge is 2.54. The number of thiophene rings is 1. The Bertz CT molecular complexity index is 928. The molecular weight excluding hydrogens is 362 g/mol. The molecule has 2 atom stereocenters. The van der Waals surface area contributed by atoms with Gasteiger partial charge in [0, 0.05) is 24.9 Å². The van der Waals surface area contributed by atoms with Crippen LogP contribution in [-0.2, 0) is 4.74 Å². The van der Waals surface area contributed by atoms with Crippen molar-refractivity contribution >= 4 is 17.4 Å². The Balaban J connectivity index is 2.20. The maximum absolute atomic E-state index is 12.2. The van der Waals surface area contributed by atoms with Gasteiger partial charge in [0.1, 0.15) is 6.07 Å². The second-order valence-electron chi connectivity index (χ2n) is 6.34. The molecule has 2 aliphatic rings. The molecule has 1 aromatic heterocycles. The summed E-state index contributed by atoms with van der Waals surface area (Å²) in [6.45, 7) is 2.51. The van der Waals surface area contributed by atoms with Gasteiger partial charge >= 0.3 is 6.09 Å². The molecule has 136 valence electrons. The van der Waals surface area contributed by atoms with Gasteiger partial charge in [0.2, 0.25) is 0 Å². The lowest BCUT2D eigenvalue weighted by Gasteiger charge is -2.45. The van der Waals surface area contributed by atoms with Crippen molar-refractivity contribution in [3.8, 4) is 18.2 Å². The first-order valence-corrected chi connectivity index (χ1v) is 9.35. The van der Waals surface area contributed by atoms with E-state index in [1.54, 1.807) is 13.0 Å². The van der Waals surface area contributed by atoms with E-state index in [2.05, 4.69) is 18.2 Å². The monoisotopic (exact) mass is 379 g/mol. The number of nitrogens with two attached hydrogens (primary N) is 1. The quantitative estimate of drug-likeness (QED) is 0.841. The van der Waals surface area contributed by atoms with E-state index in [4.69, 9.17) is 10.5 Å². The largest absolute Gasteiger partial charge is 0.450 e. The molecule has 0 radical (unpaired) electrons. The van der Waals surface area contributed by atoms with Gasteiger partial charge in [-0.1, -0.05) is 6.08 Å². The zero-order chi connectivity index (χ0) is 19.6. The molecule has 8 heteroatoms. The van der Waals surface area contributed by atoms with Gasteiger partial charge in [0.05, 0.1) is 30.0 Å². The van der Waals surface area contributed by atoms with E-state index in [9.17, 15) is 20.6 Å². The molecule has 0 aromatic carbocycles. The second kappa shape index (κ2) is 7.15. The van der Waals surface area contributed by atoms with Crippen molar-refractivity contribution in [2.24, 2.45) is 17.1 Å². The van der Waals surface area contributed by atoms with Crippen LogP contribution in [0.4, 0.5) is 4.79 Å². The third-order valence-corrected chi connectivity index (χ3v) is 5.79. The van der Waals surface area contributed by atoms with E-state index in [0.717, 1.165) is 5.56 Å². The third kappa shape index (κ3) is 2.73. The van der Waals surface area contributed by atoms with Crippen LogP contribution >= 0.6 is 11.3 Å². The summed E-state index contributed by atoms with van der Waals surface area (Å²) in [5, 5.41) is 33.2. The van der Waals surface area contributed by atoms with Crippen molar-refractivity contribution in [1.29, 1.82) is 15.8 Å². The Morgan fingerprint density at radius 3 is 2.74 bits per heavy atom. The minimum absolute atomic E-state index is 0.0155. The Morgan fingerprint density at radius 1 is 1.44 bits per heavy atom.